The monoisotopic (exact) mass is 196 g/mol. The Labute approximate surface area is 88.8 Å². The summed E-state index contributed by atoms with van der Waals surface area (Å²) in [6.45, 7) is 11.7. The smallest absolute Gasteiger partial charge is 0.0483 e. The molecule has 0 aliphatic carbocycles. The number of aliphatic hydroxyl groups excluding tert-OH is 1. The zero-order valence-corrected chi connectivity index (χ0v) is 10.3. The summed E-state index contributed by atoms with van der Waals surface area (Å²) in [4.78, 5) is 0. The molecule has 0 fully saturated rings. The molecular formula is C13H24O. The highest BCUT2D eigenvalue weighted by Gasteiger charge is 1.83. The third-order valence-corrected chi connectivity index (χ3v) is 1.43. The Morgan fingerprint density at radius 2 is 1.14 bits per heavy atom. The number of aliphatic hydroxyl groups is 1. The molecule has 0 saturated carbocycles. The fraction of sp³-hybridized carbons (Fsp3) is 0.538. The Bertz CT molecular complexity index is 192. The number of hydrogen-bond acceptors (Lipinski definition) is 1. The number of hydrogen-bond donors (Lipinski definition) is 1. The zero-order chi connectivity index (χ0) is 11.6. The molecule has 82 valence electrons. The van der Waals surface area contributed by atoms with E-state index in [0.29, 0.717) is 0 Å². The Kier molecular flexibility index (Phi) is 11.5. The normalized spacial score (nSPS) is 8.29. The number of aryl methyl sites for hydroxylation is 2. The Morgan fingerprint density at radius 3 is 1.29 bits per heavy atom. The van der Waals surface area contributed by atoms with Gasteiger partial charge in [0.2, 0.25) is 0 Å². The first-order chi connectivity index (χ1) is 6.54. The largest absolute Gasteiger partial charge is 0.394 e. The third-order valence-electron chi connectivity index (χ3n) is 1.43. The minimum Gasteiger partial charge on any atom is -0.394 e. The molecule has 0 spiro atoms. The average molecular weight is 196 g/mol. The summed E-state index contributed by atoms with van der Waals surface area (Å²) < 4.78 is 0. The van der Waals surface area contributed by atoms with E-state index in [4.69, 9.17) is 5.11 Å². The van der Waals surface area contributed by atoms with Crippen LogP contribution in [-0.4, -0.2) is 11.2 Å². The second-order valence-electron chi connectivity index (χ2n) is 3.18. The lowest BCUT2D eigenvalue weighted by molar-refractivity contribution is 0.216. The molecule has 0 aromatic heterocycles. The lowest BCUT2D eigenvalue weighted by Gasteiger charge is -1.93. The van der Waals surface area contributed by atoms with Crippen LogP contribution in [0.1, 0.15) is 38.8 Å². The van der Waals surface area contributed by atoms with E-state index in [0.717, 1.165) is 0 Å². The summed E-state index contributed by atoms with van der Waals surface area (Å²) in [5.74, 6) is 0. The Balaban J connectivity index is 0. The van der Waals surface area contributed by atoms with E-state index >= 15 is 0 Å². The van der Waals surface area contributed by atoms with Gasteiger partial charge in [0.05, 0.1) is 0 Å². The molecular weight excluding hydrogens is 172 g/mol. The second kappa shape index (κ2) is 10.3. The quantitative estimate of drug-likeness (QED) is 0.670. The van der Waals surface area contributed by atoms with E-state index in [1.807, 2.05) is 13.8 Å². The maximum absolute atomic E-state index is 8.06. The van der Waals surface area contributed by atoms with Crippen LogP contribution in [-0.2, 0) is 0 Å². The van der Waals surface area contributed by atoms with Crippen LogP contribution in [0.15, 0.2) is 24.3 Å². The Hall–Kier alpha value is -0.820. The summed E-state index contributed by atoms with van der Waals surface area (Å²) in [7, 11) is 0. The van der Waals surface area contributed by atoms with Crippen molar-refractivity contribution in [1.82, 2.24) is 0 Å². The van der Waals surface area contributed by atoms with E-state index in [1.165, 1.54) is 11.1 Å². The molecule has 0 atom stereocenters. The minimum absolute atomic E-state index is 0.167. The molecule has 0 aliphatic rings. The molecule has 0 radical (unpaired) electrons. The standard InChI is InChI=1S/C8H10.C3H8O.C2H6/c1-7-5-3-4-6-8(7)2;1-3(2)4;1-2/h3-6H,1-2H3;3-4H,1-2H3;1-2H3. The van der Waals surface area contributed by atoms with Crippen molar-refractivity contribution in [3.8, 4) is 0 Å². The lowest BCUT2D eigenvalue weighted by atomic mass is 10.1. The summed E-state index contributed by atoms with van der Waals surface area (Å²) in [5.41, 5.74) is 2.74. The van der Waals surface area contributed by atoms with E-state index in [9.17, 15) is 0 Å². The van der Waals surface area contributed by atoms with Crippen molar-refractivity contribution in [3.05, 3.63) is 35.4 Å². The van der Waals surface area contributed by atoms with Gasteiger partial charge in [-0.25, -0.2) is 0 Å². The molecule has 1 aromatic rings. The van der Waals surface area contributed by atoms with Gasteiger partial charge in [0.15, 0.2) is 0 Å². The fourth-order valence-corrected chi connectivity index (χ4v) is 0.663. The van der Waals surface area contributed by atoms with Gasteiger partial charge in [-0.05, 0) is 38.8 Å². The van der Waals surface area contributed by atoms with Gasteiger partial charge in [-0.15, -0.1) is 0 Å². The average Bonchev–Trinajstić information content (AvgIpc) is 2.13. The van der Waals surface area contributed by atoms with Crippen molar-refractivity contribution in [1.29, 1.82) is 0 Å². The van der Waals surface area contributed by atoms with E-state index in [2.05, 4.69) is 38.1 Å². The highest BCUT2D eigenvalue weighted by Crippen LogP contribution is 2.02. The number of rotatable bonds is 0. The molecule has 0 aliphatic heterocycles. The van der Waals surface area contributed by atoms with Crippen LogP contribution >= 0.6 is 0 Å². The SMILES string of the molecule is CC.CC(C)O.Cc1ccccc1C. The molecule has 0 unspecified atom stereocenters. The zero-order valence-electron chi connectivity index (χ0n) is 10.3. The summed E-state index contributed by atoms with van der Waals surface area (Å²) in [6.07, 6.45) is -0.167. The first-order valence-electron chi connectivity index (χ1n) is 5.24. The van der Waals surface area contributed by atoms with Crippen LogP contribution in [0.5, 0.6) is 0 Å². The van der Waals surface area contributed by atoms with Crippen molar-refractivity contribution in [3.63, 3.8) is 0 Å². The summed E-state index contributed by atoms with van der Waals surface area (Å²) in [6, 6.07) is 8.36. The fourth-order valence-electron chi connectivity index (χ4n) is 0.663. The highest BCUT2D eigenvalue weighted by molar-refractivity contribution is 5.23. The van der Waals surface area contributed by atoms with Crippen molar-refractivity contribution in [2.45, 2.75) is 47.6 Å². The van der Waals surface area contributed by atoms with Crippen LogP contribution in [0.4, 0.5) is 0 Å². The minimum atomic E-state index is -0.167. The van der Waals surface area contributed by atoms with Gasteiger partial charge in [0.1, 0.15) is 0 Å². The summed E-state index contributed by atoms with van der Waals surface area (Å²) in [5, 5.41) is 8.06. The summed E-state index contributed by atoms with van der Waals surface area (Å²) >= 11 is 0. The van der Waals surface area contributed by atoms with Crippen molar-refractivity contribution >= 4 is 0 Å². The maximum atomic E-state index is 8.06. The van der Waals surface area contributed by atoms with Crippen molar-refractivity contribution < 1.29 is 5.11 Å². The predicted octanol–water partition coefficient (Wildman–Crippen LogP) is 3.72. The van der Waals surface area contributed by atoms with Gasteiger partial charge in [-0.3, -0.25) is 0 Å². The van der Waals surface area contributed by atoms with Crippen molar-refractivity contribution in [2.75, 3.05) is 0 Å². The van der Waals surface area contributed by atoms with E-state index < -0.39 is 0 Å². The van der Waals surface area contributed by atoms with Crippen LogP contribution in [0.3, 0.4) is 0 Å². The molecule has 1 heteroatoms. The predicted molar refractivity (Wildman–Crippen MR) is 64.6 cm³/mol. The molecule has 1 rings (SSSR count). The van der Waals surface area contributed by atoms with Crippen LogP contribution in [0.25, 0.3) is 0 Å². The van der Waals surface area contributed by atoms with E-state index in [1.54, 1.807) is 13.8 Å². The highest BCUT2D eigenvalue weighted by atomic mass is 16.3. The first kappa shape index (κ1) is 15.6. The first-order valence-corrected chi connectivity index (χ1v) is 5.24. The molecule has 1 nitrogen and oxygen atoms in total. The van der Waals surface area contributed by atoms with Gasteiger partial charge in [0, 0.05) is 6.10 Å². The van der Waals surface area contributed by atoms with Crippen LogP contribution in [0, 0.1) is 13.8 Å². The molecule has 1 N–H and O–H groups in total. The molecule has 1 aromatic carbocycles. The van der Waals surface area contributed by atoms with Gasteiger partial charge in [-0.1, -0.05) is 38.1 Å². The molecule has 0 saturated heterocycles. The van der Waals surface area contributed by atoms with Gasteiger partial charge in [0.25, 0.3) is 0 Å². The van der Waals surface area contributed by atoms with Crippen molar-refractivity contribution in [2.24, 2.45) is 0 Å². The molecule has 0 heterocycles. The van der Waals surface area contributed by atoms with Crippen LogP contribution < -0.4 is 0 Å². The molecule has 0 amide bonds. The van der Waals surface area contributed by atoms with Gasteiger partial charge >= 0.3 is 0 Å². The van der Waals surface area contributed by atoms with Gasteiger partial charge in [-0.2, -0.15) is 0 Å². The third kappa shape index (κ3) is 11.2. The lowest BCUT2D eigenvalue weighted by Crippen LogP contribution is -1.85. The second-order valence-corrected chi connectivity index (χ2v) is 3.18. The van der Waals surface area contributed by atoms with Gasteiger partial charge < -0.3 is 5.11 Å². The van der Waals surface area contributed by atoms with Crippen LogP contribution in [0.2, 0.25) is 0 Å². The Morgan fingerprint density at radius 1 is 0.929 bits per heavy atom. The molecule has 0 bridgehead atoms. The van der Waals surface area contributed by atoms with E-state index in [-0.39, 0.29) is 6.10 Å². The molecule has 14 heavy (non-hydrogen) atoms. The number of benzene rings is 1. The maximum Gasteiger partial charge on any atom is 0.0483 e. The topological polar surface area (TPSA) is 20.2 Å².